The molecule has 192 valence electrons. The van der Waals surface area contributed by atoms with Gasteiger partial charge in [-0.2, -0.15) is 0 Å². The molecule has 1 N–H and O–H groups in total. The molecule has 1 saturated carbocycles. The fourth-order valence-electron chi connectivity index (χ4n) is 5.60. The molecule has 1 aliphatic carbocycles. The fourth-order valence-corrected chi connectivity index (χ4v) is 5.60. The molecule has 0 aromatic heterocycles. The SMILES string of the molecule is CCCN1CCC(N(C(=O)c2cccc(NC(=O)C(c3ccccc3)c3ccccc3)c2)C2CC2)CC1. The van der Waals surface area contributed by atoms with Gasteiger partial charge in [-0.05, 0) is 68.0 Å². The van der Waals surface area contributed by atoms with Crippen LogP contribution in [0, 0.1) is 0 Å². The Morgan fingerprint density at radius 2 is 1.43 bits per heavy atom. The topological polar surface area (TPSA) is 52.6 Å². The van der Waals surface area contributed by atoms with Crippen LogP contribution in [0.2, 0.25) is 0 Å². The molecular weight excluding hydrogens is 458 g/mol. The van der Waals surface area contributed by atoms with Gasteiger partial charge in [-0.1, -0.05) is 73.7 Å². The predicted octanol–water partition coefficient (Wildman–Crippen LogP) is 5.94. The van der Waals surface area contributed by atoms with Gasteiger partial charge in [0.15, 0.2) is 0 Å². The zero-order valence-electron chi connectivity index (χ0n) is 21.7. The molecule has 5 rings (SSSR count). The van der Waals surface area contributed by atoms with E-state index in [9.17, 15) is 9.59 Å². The van der Waals surface area contributed by atoms with Crippen molar-refractivity contribution >= 4 is 17.5 Å². The molecule has 2 aliphatic rings. The number of carbonyl (C=O) groups is 2. The number of amides is 2. The second-order valence-electron chi connectivity index (χ2n) is 10.3. The molecule has 0 radical (unpaired) electrons. The number of hydrogen-bond donors (Lipinski definition) is 1. The third-order valence-electron chi connectivity index (χ3n) is 7.57. The van der Waals surface area contributed by atoms with E-state index >= 15 is 0 Å². The predicted molar refractivity (Wildman–Crippen MR) is 149 cm³/mol. The van der Waals surface area contributed by atoms with Crippen LogP contribution in [0.15, 0.2) is 84.9 Å². The smallest absolute Gasteiger partial charge is 0.254 e. The lowest BCUT2D eigenvalue weighted by molar-refractivity contribution is -0.116. The van der Waals surface area contributed by atoms with Gasteiger partial charge in [0.25, 0.3) is 5.91 Å². The van der Waals surface area contributed by atoms with Crippen LogP contribution in [0.5, 0.6) is 0 Å². The lowest BCUT2D eigenvalue weighted by Gasteiger charge is -2.39. The van der Waals surface area contributed by atoms with Gasteiger partial charge in [-0.25, -0.2) is 0 Å². The van der Waals surface area contributed by atoms with Gasteiger partial charge < -0.3 is 15.1 Å². The van der Waals surface area contributed by atoms with Crippen molar-refractivity contribution in [2.45, 2.75) is 57.0 Å². The first-order chi connectivity index (χ1) is 18.1. The third-order valence-corrected chi connectivity index (χ3v) is 7.57. The number of likely N-dealkylation sites (tertiary alicyclic amines) is 1. The maximum Gasteiger partial charge on any atom is 0.254 e. The van der Waals surface area contributed by atoms with E-state index < -0.39 is 5.92 Å². The number of nitrogens with one attached hydrogen (secondary N) is 1. The van der Waals surface area contributed by atoms with Crippen molar-refractivity contribution in [3.8, 4) is 0 Å². The van der Waals surface area contributed by atoms with E-state index in [2.05, 4.69) is 22.0 Å². The largest absolute Gasteiger partial charge is 0.333 e. The van der Waals surface area contributed by atoms with Crippen LogP contribution in [-0.4, -0.2) is 53.3 Å². The summed E-state index contributed by atoms with van der Waals surface area (Å²) in [5.41, 5.74) is 3.18. The molecule has 5 nitrogen and oxygen atoms in total. The highest BCUT2D eigenvalue weighted by atomic mass is 16.2. The highest BCUT2D eigenvalue weighted by Gasteiger charge is 2.39. The highest BCUT2D eigenvalue weighted by Crippen LogP contribution is 2.34. The van der Waals surface area contributed by atoms with E-state index in [0.717, 1.165) is 56.4 Å². The summed E-state index contributed by atoms with van der Waals surface area (Å²) in [5, 5.41) is 3.10. The fraction of sp³-hybridized carbons (Fsp3) is 0.375. The Bertz CT molecular complexity index is 1150. The average Bonchev–Trinajstić information content (AvgIpc) is 3.77. The number of carbonyl (C=O) groups excluding carboxylic acids is 2. The summed E-state index contributed by atoms with van der Waals surface area (Å²) in [7, 11) is 0. The monoisotopic (exact) mass is 495 g/mol. The van der Waals surface area contributed by atoms with Gasteiger partial charge in [0.1, 0.15) is 0 Å². The minimum absolute atomic E-state index is 0.0928. The molecule has 0 unspecified atom stereocenters. The zero-order chi connectivity index (χ0) is 25.6. The Balaban J connectivity index is 1.33. The van der Waals surface area contributed by atoms with Crippen molar-refractivity contribution in [1.82, 2.24) is 9.80 Å². The molecule has 5 heteroatoms. The van der Waals surface area contributed by atoms with Crippen molar-refractivity contribution in [3.63, 3.8) is 0 Å². The molecule has 2 amide bonds. The summed E-state index contributed by atoms with van der Waals surface area (Å²) in [6.07, 6.45) is 5.42. The summed E-state index contributed by atoms with van der Waals surface area (Å²) >= 11 is 0. The Morgan fingerprint density at radius 1 is 0.838 bits per heavy atom. The van der Waals surface area contributed by atoms with Crippen molar-refractivity contribution < 1.29 is 9.59 Å². The molecule has 0 spiro atoms. The molecule has 3 aromatic rings. The van der Waals surface area contributed by atoms with Crippen molar-refractivity contribution in [3.05, 3.63) is 102 Å². The van der Waals surface area contributed by atoms with Crippen LogP contribution in [0.3, 0.4) is 0 Å². The maximum atomic E-state index is 13.7. The molecule has 2 fully saturated rings. The van der Waals surface area contributed by atoms with Crippen LogP contribution >= 0.6 is 0 Å². The minimum atomic E-state index is -0.432. The van der Waals surface area contributed by atoms with Crippen molar-refractivity contribution in [1.29, 1.82) is 0 Å². The van der Waals surface area contributed by atoms with Gasteiger partial charge in [0.05, 0.1) is 5.92 Å². The second kappa shape index (κ2) is 11.7. The molecule has 37 heavy (non-hydrogen) atoms. The lowest BCUT2D eigenvalue weighted by Crippen LogP contribution is -2.48. The number of benzene rings is 3. The highest BCUT2D eigenvalue weighted by molar-refractivity contribution is 6.00. The van der Waals surface area contributed by atoms with Crippen LogP contribution in [0.1, 0.15) is 66.4 Å². The van der Waals surface area contributed by atoms with Crippen molar-refractivity contribution in [2.75, 3.05) is 25.0 Å². The Morgan fingerprint density at radius 3 is 2.00 bits per heavy atom. The second-order valence-corrected chi connectivity index (χ2v) is 10.3. The number of hydrogen-bond acceptors (Lipinski definition) is 3. The van der Waals surface area contributed by atoms with Crippen molar-refractivity contribution in [2.24, 2.45) is 0 Å². The summed E-state index contributed by atoms with van der Waals surface area (Å²) in [4.78, 5) is 32.0. The van der Waals surface area contributed by atoms with Gasteiger partial charge in [-0.3, -0.25) is 9.59 Å². The van der Waals surface area contributed by atoms with Gasteiger partial charge in [-0.15, -0.1) is 0 Å². The Labute approximate surface area is 220 Å². The summed E-state index contributed by atoms with van der Waals surface area (Å²) in [6, 6.07) is 27.8. The van der Waals surface area contributed by atoms with E-state index in [-0.39, 0.29) is 11.8 Å². The van der Waals surface area contributed by atoms with Gasteiger partial charge in [0.2, 0.25) is 5.91 Å². The number of rotatable bonds is 9. The van der Waals surface area contributed by atoms with Crippen LogP contribution < -0.4 is 5.32 Å². The van der Waals surface area contributed by atoms with Crippen LogP contribution in [0.4, 0.5) is 5.69 Å². The van der Waals surface area contributed by atoms with Gasteiger partial charge in [0, 0.05) is 36.4 Å². The molecule has 3 aromatic carbocycles. The Kier molecular flexibility index (Phi) is 8.00. The zero-order valence-corrected chi connectivity index (χ0v) is 21.7. The molecule has 0 bridgehead atoms. The molecule has 0 atom stereocenters. The van der Waals surface area contributed by atoms with E-state index in [4.69, 9.17) is 0 Å². The van der Waals surface area contributed by atoms with E-state index in [1.165, 1.54) is 6.42 Å². The summed E-state index contributed by atoms with van der Waals surface area (Å²) in [6.45, 7) is 5.48. The third kappa shape index (κ3) is 6.11. The van der Waals surface area contributed by atoms with Crippen LogP contribution in [0.25, 0.3) is 0 Å². The quantitative estimate of drug-likeness (QED) is 0.400. The van der Waals surface area contributed by atoms with Crippen LogP contribution in [-0.2, 0) is 4.79 Å². The number of piperidine rings is 1. The number of nitrogens with zero attached hydrogens (tertiary/aromatic N) is 2. The standard InChI is InChI=1S/C32H37N3O2/c1-2-20-34-21-18-29(19-22-34)35(28-16-17-28)32(37)26-14-9-15-27(23-26)33-31(36)30(24-10-5-3-6-11-24)25-12-7-4-8-13-25/h3-15,23,28-30H,2,16-22H2,1H3,(H,33,36). The van der Waals surface area contributed by atoms with E-state index in [0.29, 0.717) is 23.3 Å². The van der Waals surface area contributed by atoms with E-state index in [1.807, 2.05) is 84.9 Å². The maximum absolute atomic E-state index is 13.7. The first-order valence-corrected chi connectivity index (χ1v) is 13.7. The summed E-state index contributed by atoms with van der Waals surface area (Å²) in [5.74, 6) is -0.447. The minimum Gasteiger partial charge on any atom is -0.333 e. The first-order valence-electron chi connectivity index (χ1n) is 13.7. The molecule has 1 saturated heterocycles. The van der Waals surface area contributed by atoms with E-state index in [1.54, 1.807) is 0 Å². The van der Waals surface area contributed by atoms with Gasteiger partial charge >= 0.3 is 0 Å². The normalized spacial score (nSPS) is 16.5. The summed E-state index contributed by atoms with van der Waals surface area (Å²) < 4.78 is 0. The molecular formula is C32H37N3O2. The lowest BCUT2D eigenvalue weighted by atomic mass is 9.90. The number of anilines is 1. The Hall–Kier alpha value is -3.44. The average molecular weight is 496 g/mol. The molecule has 1 aliphatic heterocycles. The molecule has 1 heterocycles. The first kappa shape index (κ1) is 25.2.